The smallest absolute Gasteiger partial charge is 0.244 e. The number of carbonyl (C=O) groups excluding carboxylic acids is 1. The summed E-state index contributed by atoms with van der Waals surface area (Å²) in [6, 6.07) is 1.07. The lowest BCUT2D eigenvalue weighted by atomic mass is 10.0. The maximum Gasteiger partial charge on any atom is 0.244 e. The zero-order chi connectivity index (χ0) is 16.7. The molecular formula is C17H34IN5O. The molecule has 0 saturated carbocycles. The summed E-state index contributed by atoms with van der Waals surface area (Å²) in [7, 11) is 0. The Balaban J connectivity index is 0.00000288. The molecule has 0 radical (unpaired) electrons. The van der Waals surface area contributed by atoms with E-state index >= 15 is 0 Å². The normalized spacial score (nSPS) is 20.2. The molecule has 2 fully saturated rings. The average Bonchev–Trinajstić information content (AvgIpc) is 3.07. The van der Waals surface area contributed by atoms with Crippen molar-refractivity contribution in [2.75, 3.05) is 39.3 Å². The maximum atomic E-state index is 12.1. The van der Waals surface area contributed by atoms with Gasteiger partial charge in [0.1, 0.15) is 6.54 Å². The summed E-state index contributed by atoms with van der Waals surface area (Å²) >= 11 is 0. The first-order valence-corrected chi connectivity index (χ1v) is 9.16. The minimum absolute atomic E-state index is 0. The number of rotatable bonds is 5. The van der Waals surface area contributed by atoms with Crippen LogP contribution in [0.25, 0.3) is 0 Å². The third kappa shape index (κ3) is 6.74. The topological polar surface area (TPSA) is 60.0 Å². The summed E-state index contributed by atoms with van der Waals surface area (Å²) in [5, 5.41) is 6.77. The Kier molecular flexibility index (Phi) is 9.95. The Bertz CT molecular complexity index is 402. The fraction of sp³-hybridized carbons (Fsp3) is 0.882. The first kappa shape index (κ1) is 21.5. The molecule has 0 aliphatic carbocycles. The van der Waals surface area contributed by atoms with Crippen molar-refractivity contribution in [3.63, 3.8) is 0 Å². The number of likely N-dealkylation sites (tertiary alicyclic amines) is 2. The lowest BCUT2D eigenvalue weighted by molar-refractivity contribution is -0.128. The van der Waals surface area contributed by atoms with Crippen molar-refractivity contribution < 1.29 is 4.79 Å². The van der Waals surface area contributed by atoms with Crippen LogP contribution in [0.4, 0.5) is 0 Å². The van der Waals surface area contributed by atoms with Crippen LogP contribution in [0.3, 0.4) is 0 Å². The van der Waals surface area contributed by atoms with E-state index in [1.54, 1.807) is 0 Å². The van der Waals surface area contributed by atoms with E-state index in [-0.39, 0.29) is 36.4 Å². The Morgan fingerprint density at radius 3 is 2.33 bits per heavy atom. The highest BCUT2D eigenvalue weighted by atomic mass is 127. The fourth-order valence-electron chi connectivity index (χ4n) is 3.29. The lowest BCUT2D eigenvalue weighted by Gasteiger charge is -2.35. The minimum Gasteiger partial charge on any atom is -0.357 e. The lowest BCUT2D eigenvalue weighted by Crippen LogP contribution is -2.50. The first-order chi connectivity index (χ1) is 11.1. The zero-order valence-electron chi connectivity index (χ0n) is 15.4. The second-order valence-corrected chi connectivity index (χ2v) is 6.83. The predicted octanol–water partition coefficient (Wildman–Crippen LogP) is 1.65. The summed E-state index contributed by atoms with van der Waals surface area (Å²) in [6.45, 7) is 11.7. The standard InChI is InChI=1S/C17H33N5O.HI/c1-4-18-17(19-13-16(23)22-9-5-6-10-22)20-15-7-11-21(12-8-15)14(2)3;/h14-15H,4-13H2,1-3H3,(H2,18,19,20);1H. The number of halogens is 1. The van der Waals surface area contributed by atoms with Crippen LogP contribution < -0.4 is 10.6 Å². The molecule has 0 aromatic carbocycles. The van der Waals surface area contributed by atoms with Crippen LogP contribution >= 0.6 is 24.0 Å². The van der Waals surface area contributed by atoms with Crippen molar-refractivity contribution in [2.45, 2.75) is 58.5 Å². The number of hydrogen-bond acceptors (Lipinski definition) is 3. The first-order valence-electron chi connectivity index (χ1n) is 9.16. The van der Waals surface area contributed by atoms with Gasteiger partial charge >= 0.3 is 0 Å². The number of nitrogens with zero attached hydrogens (tertiary/aromatic N) is 3. The van der Waals surface area contributed by atoms with E-state index in [1.165, 1.54) is 0 Å². The monoisotopic (exact) mass is 451 g/mol. The quantitative estimate of drug-likeness (QED) is 0.379. The average molecular weight is 451 g/mol. The van der Waals surface area contributed by atoms with Crippen LogP contribution in [-0.4, -0.2) is 73.0 Å². The van der Waals surface area contributed by atoms with E-state index in [0.717, 1.165) is 64.4 Å². The number of hydrogen-bond donors (Lipinski definition) is 2. The van der Waals surface area contributed by atoms with Gasteiger partial charge in [-0.15, -0.1) is 24.0 Å². The summed E-state index contributed by atoms with van der Waals surface area (Å²) in [5.74, 6) is 0.928. The van der Waals surface area contributed by atoms with Crippen LogP contribution in [0.15, 0.2) is 4.99 Å². The Morgan fingerprint density at radius 1 is 1.17 bits per heavy atom. The Hall–Kier alpha value is -0.570. The molecule has 24 heavy (non-hydrogen) atoms. The largest absolute Gasteiger partial charge is 0.357 e. The number of amides is 1. The molecule has 0 bridgehead atoms. The van der Waals surface area contributed by atoms with Crippen LogP contribution in [0.2, 0.25) is 0 Å². The van der Waals surface area contributed by atoms with E-state index in [1.807, 2.05) is 4.90 Å². The van der Waals surface area contributed by atoms with Crippen LogP contribution in [0.5, 0.6) is 0 Å². The van der Waals surface area contributed by atoms with Gasteiger partial charge in [-0.25, -0.2) is 4.99 Å². The minimum atomic E-state index is 0. The molecule has 140 valence electrons. The van der Waals surface area contributed by atoms with Crippen LogP contribution in [0, 0.1) is 0 Å². The molecule has 0 aromatic rings. The van der Waals surface area contributed by atoms with E-state index in [4.69, 9.17) is 0 Å². The zero-order valence-corrected chi connectivity index (χ0v) is 17.7. The van der Waals surface area contributed by atoms with Crippen molar-refractivity contribution in [3.05, 3.63) is 0 Å². The van der Waals surface area contributed by atoms with Gasteiger partial charge in [0, 0.05) is 44.8 Å². The maximum absolute atomic E-state index is 12.1. The molecule has 2 aliphatic rings. The predicted molar refractivity (Wildman–Crippen MR) is 110 cm³/mol. The Morgan fingerprint density at radius 2 is 1.79 bits per heavy atom. The molecule has 1 amide bonds. The van der Waals surface area contributed by atoms with Crippen LogP contribution in [-0.2, 0) is 4.79 Å². The highest BCUT2D eigenvalue weighted by Gasteiger charge is 2.22. The molecule has 0 atom stereocenters. The molecule has 2 N–H and O–H groups in total. The highest BCUT2D eigenvalue weighted by molar-refractivity contribution is 14.0. The van der Waals surface area contributed by atoms with E-state index < -0.39 is 0 Å². The van der Waals surface area contributed by atoms with Crippen molar-refractivity contribution in [1.82, 2.24) is 20.4 Å². The third-order valence-electron chi connectivity index (χ3n) is 4.78. The SMILES string of the molecule is CCNC(=NCC(=O)N1CCCC1)NC1CCN(C(C)C)CC1.I. The second kappa shape index (κ2) is 11.1. The van der Waals surface area contributed by atoms with Gasteiger partial charge in [0.05, 0.1) is 0 Å². The van der Waals surface area contributed by atoms with Crippen molar-refractivity contribution in [1.29, 1.82) is 0 Å². The van der Waals surface area contributed by atoms with Gasteiger partial charge in [0.2, 0.25) is 5.91 Å². The van der Waals surface area contributed by atoms with E-state index in [9.17, 15) is 4.79 Å². The van der Waals surface area contributed by atoms with Gasteiger partial charge in [-0.05, 0) is 46.5 Å². The molecule has 2 heterocycles. The molecule has 2 aliphatic heterocycles. The summed E-state index contributed by atoms with van der Waals surface area (Å²) in [5.41, 5.74) is 0. The van der Waals surface area contributed by atoms with Crippen molar-refractivity contribution >= 4 is 35.8 Å². The third-order valence-corrected chi connectivity index (χ3v) is 4.78. The molecular weight excluding hydrogens is 417 g/mol. The van der Waals surface area contributed by atoms with Gasteiger partial charge in [0.25, 0.3) is 0 Å². The van der Waals surface area contributed by atoms with Crippen molar-refractivity contribution in [3.8, 4) is 0 Å². The number of aliphatic imine (C=N–C) groups is 1. The fourth-order valence-corrected chi connectivity index (χ4v) is 3.29. The number of nitrogens with one attached hydrogen (secondary N) is 2. The van der Waals surface area contributed by atoms with Crippen molar-refractivity contribution in [2.24, 2.45) is 4.99 Å². The second-order valence-electron chi connectivity index (χ2n) is 6.83. The van der Waals surface area contributed by atoms with Gasteiger partial charge < -0.3 is 20.4 Å². The molecule has 0 aromatic heterocycles. The molecule has 2 saturated heterocycles. The Labute approximate surface area is 163 Å². The molecule has 7 heteroatoms. The molecule has 0 unspecified atom stereocenters. The van der Waals surface area contributed by atoms with Gasteiger partial charge in [-0.2, -0.15) is 0 Å². The van der Waals surface area contributed by atoms with E-state index in [0.29, 0.717) is 12.1 Å². The van der Waals surface area contributed by atoms with Gasteiger partial charge in [-0.1, -0.05) is 0 Å². The highest BCUT2D eigenvalue weighted by Crippen LogP contribution is 2.13. The van der Waals surface area contributed by atoms with Crippen LogP contribution in [0.1, 0.15) is 46.5 Å². The number of guanidine groups is 1. The van der Waals surface area contributed by atoms with E-state index in [2.05, 4.69) is 41.3 Å². The summed E-state index contributed by atoms with van der Waals surface area (Å²) in [6.07, 6.45) is 4.51. The summed E-state index contributed by atoms with van der Waals surface area (Å²) in [4.78, 5) is 21.1. The molecule has 0 spiro atoms. The summed E-state index contributed by atoms with van der Waals surface area (Å²) < 4.78 is 0. The van der Waals surface area contributed by atoms with Gasteiger partial charge in [0.15, 0.2) is 5.96 Å². The molecule has 6 nitrogen and oxygen atoms in total. The van der Waals surface area contributed by atoms with Gasteiger partial charge in [-0.3, -0.25) is 4.79 Å². The number of piperidine rings is 1. The number of carbonyl (C=O) groups is 1. The molecule has 2 rings (SSSR count).